The molecule has 49 heavy (non-hydrogen) atoms. The Morgan fingerprint density at radius 2 is 1.06 bits per heavy atom. The molecule has 0 spiro atoms. The molecule has 0 fully saturated rings. The van der Waals surface area contributed by atoms with E-state index in [-0.39, 0.29) is 25.8 Å². The Hall–Kier alpha value is -0.760. The van der Waals surface area contributed by atoms with Gasteiger partial charge in [0.25, 0.3) is 0 Å². The number of hydrogen-bond acceptors (Lipinski definition) is 6. The number of nitrogens with zero attached hydrogens (tertiary/aromatic N) is 1. The molecule has 0 aromatic carbocycles. The fraction of sp³-hybridized carbons (Fsp3) is 0.925. The summed E-state index contributed by atoms with van der Waals surface area (Å²) in [5, 5.41) is 0. The molecule has 2 atom stereocenters. The minimum Gasteiger partial charge on any atom is -0.457 e. The summed E-state index contributed by atoms with van der Waals surface area (Å²) in [6.45, 7) is 5.61. The summed E-state index contributed by atoms with van der Waals surface area (Å²) in [5.41, 5.74) is 0. The number of phosphoric ester groups is 1. The van der Waals surface area contributed by atoms with E-state index in [1.807, 2.05) is 21.1 Å². The normalized spacial score (nSPS) is 14.0. The highest BCUT2D eigenvalue weighted by Crippen LogP contribution is 2.43. The molecule has 0 saturated heterocycles. The molecule has 0 aromatic rings. The molecule has 8 nitrogen and oxygen atoms in total. The van der Waals surface area contributed by atoms with E-state index in [1.54, 1.807) is 0 Å². The van der Waals surface area contributed by atoms with Gasteiger partial charge in [-0.2, -0.15) is 0 Å². The molecule has 0 aliphatic carbocycles. The molecule has 292 valence electrons. The summed E-state index contributed by atoms with van der Waals surface area (Å²) >= 11 is 0. The number of carbonyl (C=O) groups excluding carboxylic acids is 1. The van der Waals surface area contributed by atoms with Gasteiger partial charge in [-0.1, -0.05) is 148 Å². The summed E-state index contributed by atoms with van der Waals surface area (Å²) in [5.74, 6) is -0.317. The van der Waals surface area contributed by atoms with Crippen LogP contribution in [-0.4, -0.2) is 75.6 Å². The van der Waals surface area contributed by atoms with Crippen LogP contribution in [0.4, 0.5) is 0 Å². The van der Waals surface area contributed by atoms with E-state index >= 15 is 0 Å². The third-order valence-corrected chi connectivity index (χ3v) is 9.81. The highest BCUT2D eigenvalue weighted by molar-refractivity contribution is 7.47. The number of unbranched alkanes of at least 4 members (excludes halogenated alkanes) is 22. The maximum absolute atomic E-state index is 12.6. The molecule has 0 radical (unpaired) electrons. The van der Waals surface area contributed by atoms with Gasteiger partial charge in [0.15, 0.2) is 0 Å². The van der Waals surface area contributed by atoms with E-state index in [1.165, 1.54) is 128 Å². The number of ether oxygens (including phenoxy) is 2. The molecule has 0 aromatic heterocycles. The lowest BCUT2D eigenvalue weighted by atomic mass is 10.1. The lowest BCUT2D eigenvalue weighted by molar-refractivity contribution is -0.870. The van der Waals surface area contributed by atoms with Gasteiger partial charge in [-0.25, -0.2) is 4.57 Å². The van der Waals surface area contributed by atoms with Crippen molar-refractivity contribution in [3.63, 3.8) is 0 Å². The Balaban J connectivity index is 4.17. The average Bonchev–Trinajstić information content (AvgIpc) is 3.04. The topological polar surface area (TPSA) is 91.3 Å². The standard InChI is InChI=1S/C40H80NO7P/c1-6-8-10-12-14-16-17-18-19-20-21-22-23-24-26-28-30-32-35-45-37-39(38-47-49(43,44)46-36-34-41(3,4)5)48-40(42)33-31-29-27-25-15-13-11-9-7-2/h18-19,39H,6-17,20-38H2,1-5H3/p+1/b19-18-. The highest BCUT2D eigenvalue weighted by Gasteiger charge is 2.26. The first kappa shape index (κ1) is 48.2. The van der Waals surface area contributed by atoms with Gasteiger partial charge >= 0.3 is 13.8 Å². The van der Waals surface area contributed by atoms with Crippen LogP contribution in [-0.2, 0) is 27.9 Å². The number of carbonyl (C=O) groups is 1. The Morgan fingerprint density at radius 1 is 0.612 bits per heavy atom. The quantitative estimate of drug-likeness (QED) is 0.0223. The van der Waals surface area contributed by atoms with Crippen molar-refractivity contribution in [1.29, 1.82) is 0 Å². The van der Waals surface area contributed by atoms with Crippen LogP contribution in [0.2, 0.25) is 0 Å². The molecule has 0 aliphatic rings. The lowest BCUT2D eigenvalue weighted by Crippen LogP contribution is -2.37. The van der Waals surface area contributed by atoms with Crippen molar-refractivity contribution in [2.75, 3.05) is 54.1 Å². The summed E-state index contributed by atoms with van der Waals surface area (Å²) in [6, 6.07) is 0. The first-order valence-electron chi connectivity index (χ1n) is 20.4. The number of hydrogen-bond donors (Lipinski definition) is 1. The Kier molecular flexibility index (Phi) is 33.8. The third-order valence-electron chi connectivity index (χ3n) is 8.83. The zero-order valence-electron chi connectivity index (χ0n) is 32.9. The fourth-order valence-corrected chi connectivity index (χ4v) is 6.35. The van der Waals surface area contributed by atoms with E-state index < -0.39 is 13.9 Å². The van der Waals surface area contributed by atoms with Crippen LogP contribution in [0.15, 0.2) is 12.2 Å². The van der Waals surface area contributed by atoms with Gasteiger partial charge in [0.1, 0.15) is 19.3 Å². The minimum atomic E-state index is -4.26. The van der Waals surface area contributed by atoms with E-state index in [2.05, 4.69) is 26.0 Å². The first-order chi connectivity index (χ1) is 23.6. The Bertz CT molecular complexity index is 802. The van der Waals surface area contributed by atoms with Gasteiger partial charge in [-0.15, -0.1) is 0 Å². The summed E-state index contributed by atoms with van der Waals surface area (Å²) in [6.07, 6.45) is 35.3. The Labute approximate surface area is 303 Å². The molecule has 2 unspecified atom stereocenters. The maximum atomic E-state index is 12.6. The van der Waals surface area contributed by atoms with E-state index in [4.69, 9.17) is 18.5 Å². The van der Waals surface area contributed by atoms with Gasteiger partial charge < -0.3 is 18.9 Å². The second kappa shape index (κ2) is 34.3. The van der Waals surface area contributed by atoms with Crippen molar-refractivity contribution < 1.29 is 37.3 Å². The molecule has 9 heteroatoms. The Morgan fingerprint density at radius 3 is 1.55 bits per heavy atom. The maximum Gasteiger partial charge on any atom is 0.472 e. The van der Waals surface area contributed by atoms with Gasteiger partial charge in [-0.05, 0) is 38.5 Å². The van der Waals surface area contributed by atoms with Crippen LogP contribution >= 0.6 is 7.82 Å². The number of phosphoric acid groups is 1. The van der Waals surface area contributed by atoms with E-state index in [9.17, 15) is 14.3 Å². The molecule has 0 amide bonds. The molecular formula is C40H81NO7P+. The highest BCUT2D eigenvalue weighted by atomic mass is 31.2. The van der Waals surface area contributed by atoms with Crippen molar-refractivity contribution in [3.8, 4) is 0 Å². The first-order valence-corrected chi connectivity index (χ1v) is 21.9. The second-order valence-electron chi connectivity index (χ2n) is 15.0. The van der Waals surface area contributed by atoms with Crippen molar-refractivity contribution in [2.45, 2.75) is 187 Å². The number of esters is 1. The number of likely N-dealkylation sites (N-methyl/N-ethyl adjacent to an activating group) is 1. The predicted octanol–water partition coefficient (Wildman–Crippen LogP) is 11.5. The van der Waals surface area contributed by atoms with Crippen molar-refractivity contribution in [2.24, 2.45) is 0 Å². The van der Waals surface area contributed by atoms with Gasteiger partial charge in [0, 0.05) is 13.0 Å². The van der Waals surface area contributed by atoms with Crippen LogP contribution in [0.3, 0.4) is 0 Å². The van der Waals surface area contributed by atoms with Crippen LogP contribution in [0.5, 0.6) is 0 Å². The predicted molar refractivity (Wildman–Crippen MR) is 206 cm³/mol. The number of quaternary nitrogens is 1. The fourth-order valence-electron chi connectivity index (χ4n) is 5.61. The SMILES string of the molecule is CCCCCCCC/C=C\CCCCCCCCCCOCC(COP(=O)(O)OCC[N+](C)(C)C)OC(=O)CCCCCCCCCCC. The molecular weight excluding hydrogens is 637 g/mol. The van der Waals surface area contributed by atoms with Crippen molar-refractivity contribution >= 4 is 13.8 Å². The minimum absolute atomic E-state index is 0.0908. The van der Waals surface area contributed by atoms with Crippen LogP contribution in [0.25, 0.3) is 0 Å². The zero-order valence-corrected chi connectivity index (χ0v) is 33.8. The van der Waals surface area contributed by atoms with Crippen LogP contribution in [0.1, 0.15) is 181 Å². The van der Waals surface area contributed by atoms with Gasteiger partial charge in [0.05, 0.1) is 34.4 Å². The molecule has 0 aliphatic heterocycles. The lowest BCUT2D eigenvalue weighted by Gasteiger charge is -2.24. The van der Waals surface area contributed by atoms with Crippen LogP contribution in [0, 0.1) is 0 Å². The number of allylic oxidation sites excluding steroid dienone is 2. The van der Waals surface area contributed by atoms with Gasteiger partial charge in [-0.3, -0.25) is 13.8 Å². The van der Waals surface area contributed by atoms with E-state index in [0.29, 0.717) is 24.1 Å². The molecule has 0 heterocycles. The molecule has 0 rings (SSSR count). The molecule has 1 N–H and O–H groups in total. The molecule has 0 bridgehead atoms. The summed E-state index contributed by atoms with van der Waals surface area (Å²) in [7, 11) is 1.67. The largest absolute Gasteiger partial charge is 0.472 e. The monoisotopic (exact) mass is 719 g/mol. The summed E-state index contributed by atoms with van der Waals surface area (Å²) < 4.78 is 34.8. The van der Waals surface area contributed by atoms with Crippen LogP contribution < -0.4 is 0 Å². The number of rotatable bonds is 38. The van der Waals surface area contributed by atoms with E-state index in [0.717, 1.165) is 32.1 Å². The van der Waals surface area contributed by atoms with Crippen molar-refractivity contribution in [3.05, 3.63) is 12.2 Å². The third kappa shape index (κ3) is 38.3. The zero-order chi connectivity index (χ0) is 36.3. The smallest absolute Gasteiger partial charge is 0.457 e. The van der Waals surface area contributed by atoms with Gasteiger partial charge in [0.2, 0.25) is 0 Å². The second-order valence-corrected chi connectivity index (χ2v) is 16.5. The molecule has 0 saturated carbocycles. The van der Waals surface area contributed by atoms with Crippen molar-refractivity contribution in [1.82, 2.24) is 0 Å². The summed E-state index contributed by atoms with van der Waals surface area (Å²) in [4.78, 5) is 22.7. The average molecular weight is 719 g/mol.